The van der Waals surface area contributed by atoms with E-state index in [1.54, 1.807) is 18.6 Å². The Hall–Kier alpha value is -3.35. The molecule has 4 rings (SSSR count). The van der Waals surface area contributed by atoms with Gasteiger partial charge in [0, 0.05) is 54.7 Å². The lowest BCUT2D eigenvalue weighted by molar-refractivity contribution is -0.120. The summed E-state index contributed by atoms with van der Waals surface area (Å²) in [6.45, 7) is 3.49. The maximum Gasteiger partial charge on any atom is 0.239 e. The average Bonchev–Trinajstić information content (AvgIpc) is 2.69. The molecule has 0 saturated carbocycles. The Balaban J connectivity index is 1.82. The SMILES string of the molecule is Cc1ccc(-c2nc(N3CCNC(=O)C3)ncc2-c2ccncc2)cn1. The zero-order chi connectivity index (χ0) is 17.9. The summed E-state index contributed by atoms with van der Waals surface area (Å²) in [5.74, 6) is 0.532. The number of aryl methyl sites for hydroxylation is 1. The molecule has 7 nitrogen and oxygen atoms in total. The summed E-state index contributed by atoms with van der Waals surface area (Å²) >= 11 is 0. The summed E-state index contributed by atoms with van der Waals surface area (Å²) in [6.07, 6.45) is 7.11. The van der Waals surface area contributed by atoms with Crippen LogP contribution < -0.4 is 10.2 Å². The Morgan fingerprint density at radius 3 is 2.62 bits per heavy atom. The molecular weight excluding hydrogens is 328 g/mol. The highest BCUT2D eigenvalue weighted by molar-refractivity contribution is 5.83. The monoisotopic (exact) mass is 346 g/mol. The lowest BCUT2D eigenvalue weighted by Crippen LogP contribution is -2.48. The summed E-state index contributed by atoms with van der Waals surface area (Å²) in [5.41, 5.74) is 4.54. The highest BCUT2D eigenvalue weighted by Gasteiger charge is 2.20. The zero-order valence-electron chi connectivity index (χ0n) is 14.4. The molecule has 1 N–H and O–H groups in total. The number of rotatable bonds is 3. The third-order valence-electron chi connectivity index (χ3n) is 4.27. The van der Waals surface area contributed by atoms with E-state index in [1.807, 2.05) is 42.3 Å². The van der Waals surface area contributed by atoms with Crippen LogP contribution in [0.1, 0.15) is 5.69 Å². The number of carbonyl (C=O) groups excluding carboxylic acids is 1. The predicted octanol–water partition coefficient (Wildman–Crippen LogP) is 1.85. The topological polar surface area (TPSA) is 83.9 Å². The van der Waals surface area contributed by atoms with Crippen molar-refractivity contribution < 1.29 is 4.79 Å². The number of aromatic nitrogens is 4. The van der Waals surface area contributed by atoms with Gasteiger partial charge in [0.1, 0.15) is 0 Å². The number of amides is 1. The third-order valence-corrected chi connectivity index (χ3v) is 4.27. The Morgan fingerprint density at radius 1 is 1.04 bits per heavy atom. The molecular formula is C19H18N6O. The van der Waals surface area contributed by atoms with Crippen molar-refractivity contribution >= 4 is 11.9 Å². The first kappa shape index (κ1) is 16.1. The van der Waals surface area contributed by atoms with Crippen LogP contribution in [0.15, 0.2) is 49.1 Å². The molecule has 130 valence electrons. The molecule has 3 aromatic rings. The van der Waals surface area contributed by atoms with Crippen molar-refractivity contribution in [3.63, 3.8) is 0 Å². The van der Waals surface area contributed by atoms with Crippen molar-refractivity contribution in [2.45, 2.75) is 6.92 Å². The van der Waals surface area contributed by atoms with Gasteiger partial charge in [0.05, 0.1) is 12.2 Å². The standard InChI is InChI=1S/C19H18N6O/c1-13-2-3-15(10-22-13)18-16(14-4-6-20-7-5-14)11-23-19(24-18)25-9-8-21-17(26)12-25/h2-7,10-11H,8-9,12H2,1H3,(H,21,26). The first-order chi connectivity index (χ1) is 12.7. The quantitative estimate of drug-likeness (QED) is 0.779. The summed E-state index contributed by atoms with van der Waals surface area (Å²) in [5, 5.41) is 2.82. The highest BCUT2D eigenvalue weighted by Crippen LogP contribution is 2.31. The number of anilines is 1. The minimum atomic E-state index is -0.0170. The van der Waals surface area contributed by atoms with Crippen LogP contribution in [0.3, 0.4) is 0 Å². The van der Waals surface area contributed by atoms with Crippen molar-refractivity contribution in [1.82, 2.24) is 25.3 Å². The van der Waals surface area contributed by atoms with Crippen LogP contribution in [0, 0.1) is 6.92 Å². The number of pyridine rings is 2. The van der Waals surface area contributed by atoms with Gasteiger partial charge in [-0.05, 0) is 36.8 Å². The Labute approximate surface area is 151 Å². The zero-order valence-corrected chi connectivity index (χ0v) is 14.4. The maximum atomic E-state index is 11.7. The lowest BCUT2D eigenvalue weighted by Gasteiger charge is -2.27. The Morgan fingerprint density at radius 2 is 1.88 bits per heavy atom. The van der Waals surface area contributed by atoms with Gasteiger partial charge >= 0.3 is 0 Å². The fourth-order valence-electron chi connectivity index (χ4n) is 2.90. The van der Waals surface area contributed by atoms with E-state index >= 15 is 0 Å². The van der Waals surface area contributed by atoms with Gasteiger partial charge in [-0.1, -0.05) is 0 Å². The number of hydrogen-bond donors (Lipinski definition) is 1. The van der Waals surface area contributed by atoms with E-state index in [-0.39, 0.29) is 12.5 Å². The summed E-state index contributed by atoms with van der Waals surface area (Å²) < 4.78 is 0. The van der Waals surface area contributed by atoms with Crippen molar-refractivity contribution in [3.05, 3.63) is 54.7 Å². The number of hydrogen-bond acceptors (Lipinski definition) is 6. The molecule has 1 saturated heterocycles. The molecule has 1 amide bonds. The fraction of sp³-hybridized carbons (Fsp3) is 0.211. The van der Waals surface area contributed by atoms with E-state index in [1.165, 1.54) is 0 Å². The van der Waals surface area contributed by atoms with Crippen LogP contribution in [0.5, 0.6) is 0 Å². The van der Waals surface area contributed by atoms with Crippen LogP contribution >= 0.6 is 0 Å². The molecule has 0 spiro atoms. The van der Waals surface area contributed by atoms with Gasteiger partial charge in [-0.3, -0.25) is 14.8 Å². The molecule has 0 bridgehead atoms. The van der Waals surface area contributed by atoms with Crippen molar-refractivity contribution in [2.75, 3.05) is 24.5 Å². The Bertz CT molecular complexity index is 927. The number of nitrogens with one attached hydrogen (secondary N) is 1. The summed E-state index contributed by atoms with van der Waals surface area (Å²) in [7, 11) is 0. The van der Waals surface area contributed by atoms with Gasteiger partial charge < -0.3 is 10.2 Å². The second kappa shape index (κ2) is 6.87. The number of carbonyl (C=O) groups is 1. The van der Waals surface area contributed by atoms with E-state index in [0.29, 0.717) is 19.0 Å². The fourth-order valence-corrected chi connectivity index (χ4v) is 2.90. The van der Waals surface area contributed by atoms with Crippen molar-refractivity contribution in [2.24, 2.45) is 0 Å². The molecule has 7 heteroatoms. The van der Waals surface area contributed by atoms with Crippen LogP contribution in [0.2, 0.25) is 0 Å². The second-order valence-electron chi connectivity index (χ2n) is 6.13. The van der Waals surface area contributed by atoms with Crippen molar-refractivity contribution in [1.29, 1.82) is 0 Å². The summed E-state index contributed by atoms with van der Waals surface area (Å²) in [4.78, 5) is 31.4. The Kier molecular flexibility index (Phi) is 4.27. The number of piperazine rings is 1. The maximum absolute atomic E-state index is 11.7. The molecule has 1 aliphatic rings. The molecule has 0 atom stereocenters. The summed E-state index contributed by atoms with van der Waals surface area (Å²) in [6, 6.07) is 7.82. The van der Waals surface area contributed by atoms with Crippen LogP contribution in [0.4, 0.5) is 5.95 Å². The van der Waals surface area contributed by atoms with Gasteiger partial charge in [-0.2, -0.15) is 0 Å². The third kappa shape index (κ3) is 3.23. The van der Waals surface area contributed by atoms with E-state index in [9.17, 15) is 4.79 Å². The van der Waals surface area contributed by atoms with Crippen LogP contribution in [-0.2, 0) is 4.79 Å². The first-order valence-corrected chi connectivity index (χ1v) is 8.43. The van der Waals surface area contributed by atoms with Gasteiger partial charge in [-0.15, -0.1) is 0 Å². The molecule has 0 aromatic carbocycles. The van der Waals surface area contributed by atoms with Crippen LogP contribution in [-0.4, -0.2) is 45.5 Å². The van der Waals surface area contributed by atoms with Gasteiger partial charge in [0.2, 0.25) is 11.9 Å². The minimum Gasteiger partial charge on any atom is -0.353 e. The van der Waals surface area contributed by atoms with Crippen LogP contribution in [0.25, 0.3) is 22.4 Å². The molecule has 3 aromatic heterocycles. The molecule has 0 aliphatic carbocycles. The van der Waals surface area contributed by atoms with E-state index in [2.05, 4.69) is 20.3 Å². The van der Waals surface area contributed by atoms with Gasteiger partial charge in [-0.25, -0.2) is 9.97 Å². The van der Waals surface area contributed by atoms with Crippen molar-refractivity contribution in [3.8, 4) is 22.4 Å². The molecule has 1 aliphatic heterocycles. The largest absolute Gasteiger partial charge is 0.353 e. The van der Waals surface area contributed by atoms with E-state index in [0.717, 1.165) is 28.1 Å². The normalized spacial score (nSPS) is 14.2. The first-order valence-electron chi connectivity index (χ1n) is 8.43. The molecule has 0 unspecified atom stereocenters. The lowest BCUT2D eigenvalue weighted by atomic mass is 10.0. The highest BCUT2D eigenvalue weighted by atomic mass is 16.2. The van der Waals surface area contributed by atoms with E-state index < -0.39 is 0 Å². The second-order valence-corrected chi connectivity index (χ2v) is 6.13. The average molecular weight is 346 g/mol. The van der Waals surface area contributed by atoms with Gasteiger partial charge in [0.15, 0.2) is 0 Å². The molecule has 26 heavy (non-hydrogen) atoms. The molecule has 4 heterocycles. The minimum absolute atomic E-state index is 0.0170. The van der Waals surface area contributed by atoms with Gasteiger partial charge in [0.25, 0.3) is 0 Å². The van der Waals surface area contributed by atoms with E-state index in [4.69, 9.17) is 4.98 Å². The molecule has 0 radical (unpaired) electrons. The molecule has 1 fully saturated rings. The predicted molar refractivity (Wildman–Crippen MR) is 98.5 cm³/mol. The number of nitrogens with zero attached hydrogens (tertiary/aromatic N) is 5. The smallest absolute Gasteiger partial charge is 0.239 e.